The highest BCUT2D eigenvalue weighted by atomic mass is 35.5. The minimum absolute atomic E-state index is 0.0175. The Balaban J connectivity index is 1.53. The molecule has 0 aliphatic heterocycles. The van der Waals surface area contributed by atoms with Crippen LogP contribution >= 0.6 is 11.6 Å². The van der Waals surface area contributed by atoms with Crippen molar-refractivity contribution in [1.29, 1.82) is 0 Å². The zero-order valence-electron chi connectivity index (χ0n) is 30.1. The van der Waals surface area contributed by atoms with E-state index in [9.17, 15) is 24.9 Å². The lowest BCUT2D eigenvalue weighted by Crippen LogP contribution is -2.47. The summed E-state index contributed by atoms with van der Waals surface area (Å²) < 4.78 is 0. The molecule has 52 heavy (non-hydrogen) atoms. The molecule has 1 heterocycles. The number of amides is 2. The number of aromatic nitrogens is 2. The lowest BCUT2D eigenvalue weighted by Gasteiger charge is -2.29. The van der Waals surface area contributed by atoms with E-state index in [1.54, 1.807) is 12.1 Å². The number of nitrogens with one attached hydrogen (secondary N) is 3. The summed E-state index contributed by atoms with van der Waals surface area (Å²) in [6.45, 7) is 6.51. The van der Waals surface area contributed by atoms with E-state index < -0.39 is 30.8 Å². The van der Waals surface area contributed by atoms with Crippen LogP contribution < -0.4 is 27.4 Å². The Morgan fingerprint density at radius 1 is 0.885 bits per heavy atom. The number of aliphatic hydroxyl groups is 4. The van der Waals surface area contributed by atoms with Crippen molar-refractivity contribution < 1.29 is 30.0 Å². The van der Waals surface area contributed by atoms with Crippen LogP contribution in [0.1, 0.15) is 70.1 Å². The Labute approximate surface area is 311 Å². The van der Waals surface area contributed by atoms with Crippen molar-refractivity contribution in [3.8, 4) is 0 Å². The first-order valence-corrected chi connectivity index (χ1v) is 18.2. The van der Waals surface area contributed by atoms with Gasteiger partial charge >= 0.3 is 0 Å². The molecule has 11 N–H and O–H groups in total. The van der Waals surface area contributed by atoms with E-state index in [1.165, 1.54) is 5.56 Å². The zero-order valence-corrected chi connectivity index (χ0v) is 30.9. The van der Waals surface area contributed by atoms with Crippen molar-refractivity contribution in [2.45, 2.75) is 70.8 Å². The molecule has 1 unspecified atom stereocenters. The third-order valence-corrected chi connectivity index (χ3v) is 9.16. The maximum atomic E-state index is 12.9. The third kappa shape index (κ3) is 13.9. The summed E-state index contributed by atoms with van der Waals surface area (Å²) in [6, 6.07) is 15.4. The summed E-state index contributed by atoms with van der Waals surface area (Å²) in [4.78, 5) is 35.7. The summed E-state index contributed by atoms with van der Waals surface area (Å²) in [6.07, 6.45) is 0.651. The van der Waals surface area contributed by atoms with E-state index in [0.717, 1.165) is 36.8 Å². The van der Waals surface area contributed by atoms with E-state index in [0.29, 0.717) is 51.3 Å². The molecule has 0 saturated heterocycles. The fourth-order valence-corrected chi connectivity index (χ4v) is 5.84. The molecule has 3 rings (SSSR count). The van der Waals surface area contributed by atoms with E-state index >= 15 is 0 Å². The highest BCUT2D eigenvalue weighted by Crippen LogP contribution is 2.18. The van der Waals surface area contributed by atoms with Gasteiger partial charge < -0.3 is 47.8 Å². The number of aryl methyl sites for hydroxylation is 1. The molecule has 0 aliphatic rings. The predicted octanol–water partition coefficient (Wildman–Crippen LogP) is 1.67. The monoisotopic (exact) mass is 742 g/mol. The smallest absolute Gasteiger partial charge is 0.273 e. The molecule has 14 nitrogen and oxygen atoms in total. The number of aliphatic hydroxyl groups excluding tert-OH is 4. The number of carbonyl (C=O) groups excluding carboxylic acids is 2. The topological polar surface area (TPSA) is 232 Å². The van der Waals surface area contributed by atoms with Gasteiger partial charge in [-0.15, -0.1) is 0 Å². The molecule has 3 aromatic rings. The third-order valence-electron chi connectivity index (χ3n) is 8.88. The standard InChI is InChI=1S/C37H55ClN8O6/c1-3-4-5-8-16-46(22-29(48)32(50)30(49)23-47)17-15-42-36(51)27-13-11-25(12-14-27)19-41-20-26(18-28-10-7-6-9-24(28)2)21-43-37(52)31-34(39)45-35(40)33(38)44-31/h6-7,9-14,26,29-30,32,41,47-50H,3-5,8,15-23H2,1-2H3,(H,42,51)(H,43,52)(H4,39,40,45)/t26?,29-,30+,32+/m1/s1. The maximum Gasteiger partial charge on any atom is 0.273 e. The maximum absolute atomic E-state index is 12.9. The fraction of sp³-hybridized carbons (Fsp3) is 0.514. The summed E-state index contributed by atoms with van der Waals surface area (Å²) in [7, 11) is 0. The normalized spacial score (nSPS) is 13.8. The second kappa shape index (κ2) is 22.2. The Kier molecular flexibility index (Phi) is 18.2. The number of unbranched alkanes of at least 4 members (excludes halogenated alkanes) is 3. The molecule has 1 aromatic heterocycles. The van der Waals surface area contributed by atoms with Gasteiger partial charge in [0, 0.05) is 44.8 Å². The highest BCUT2D eigenvalue weighted by Gasteiger charge is 2.26. The number of nitrogens with two attached hydrogens (primary N) is 2. The lowest BCUT2D eigenvalue weighted by molar-refractivity contribution is -0.0840. The molecule has 0 radical (unpaired) electrons. The highest BCUT2D eigenvalue weighted by molar-refractivity contribution is 6.31. The Morgan fingerprint density at radius 3 is 2.31 bits per heavy atom. The molecular weight excluding hydrogens is 688 g/mol. The number of anilines is 2. The van der Waals surface area contributed by atoms with Gasteiger partial charge in [-0.3, -0.25) is 14.5 Å². The molecule has 0 aliphatic carbocycles. The van der Waals surface area contributed by atoms with Crippen LogP contribution in [-0.2, 0) is 13.0 Å². The molecule has 0 spiro atoms. The van der Waals surface area contributed by atoms with Crippen LogP contribution in [0.15, 0.2) is 48.5 Å². The minimum atomic E-state index is -1.47. The first kappa shape index (κ1) is 42.5. The van der Waals surface area contributed by atoms with Crippen molar-refractivity contribution >= 4 is 35.1 Å². The molecular formula is C37H55ClN8O6. The molecule has 15 heteroatoms. The SMILES string of the molecule is CCCCCCN(CCNC(=O)c1ccc(CNCC(CNC(=O)c2nc(Cl)c(N)nc2N)Cc2ccccc2C)cc1)C[C@@H](O)[C@H](O)[C@@H](O)CO. The first-order valence-electron chi connectivity index (χ1n) is 17.8. The molecule has 4 atom stereocenters. The number of benzene rings is 2. The Hall–Kier alpha value is -3.89. The van der Waals surface area contributed by atoms with Crippen molar-refractivity contribution in [1.82, 2.24) is 30.8 Å². The van der Waals surface area contributed by atoms with Crippen LogP contribution in [0.25, 0.3) is 0 Å². The molecule has 0 saturated carbocycles. The number of nitrogen functional groups attached to an aromatic ring is 2. The number of hydrogen-bond acceptors (Lipinski definition) is 12. The van der Waals surface area contributed by atoms with Gasteiger partial charge in [-0.25, -0.2) is 9.97 Å². The average molecular weight is 743 g/mol. The van der Waals surface area contributed by atoms with Gasteiger partial charge in [0.15, 0.2) is 22.5 Å². The van der Waals surface area contributed by atoms with Gasteiger partial charge in [0.1, 0.15) is 12.2 Å². The lowest BCUT2D eigenvalue weighted by atomic mass is 9.95. The summed E-state index contributed by atoms with van der Waals surface area (Å²) in [5.41, 5.74) is 15.2. The average Bonchev–Trinajstić information content (AvgIpc) is 3.13. The number of halogens is 1. The van der Waals surface area contributed by atoms with Gasteiger partial charge in [0.25, 0.3) is 11.8 Å². The van der Waals surface area contributed by atoms with Crippen molar-refractivity contribution in [2.24, 2.45) is 5.92 Å². The summed E-state index contributed by atoms with van der Waals surface area (Å²) in [5, 5.41) is 48.5. The Morgan fingerprint density at radius 2 is 1.62 bits per heavy atom. The van der Waals surface area contributed by atoms with E-state index in [1.807, 2.05) is 29.2 Å². The van der Waals surface area contributed by atoms with Crippen molar-refractivity contribution in [2.75, 3.05) is 57.3 Å². The van der Waals surface area contributed by atoms with Gasteiger partial charge in [0.2, 0.25) is 0 Å². The van der Waals surface area contributed by atoms with Crippen LogP contribution in [0.5, 0.6) is 0 Å². The zero-order chi connectivity index (χ0) is 38.0. The number of hydrogen-bond donors (Lipinski definition) is 9. The number of nitrogens with zero attached hydrogens (tertiary/aromatic N) is 3. The van der Waals surface area contributed by atoms with Crippen molar-refractivity contribution in [3.63, 3.8) is 0 Å². The van der Waals surface area contributed by atoms with Crippen LogP contribution in [0.2, 0.25) is 5.15 Å². The second-order valence-corrected chi connectivity index (χ2v) is 13.5. The fourth-order valence-electron chi connectivity index (χ4n) is 5.71. The van der Waals surface area contributed by atoms with E-state index in [4.69, 9.17) is 28.2 Å². The number of rotatable bonds is 23. The van der Waals surface area contributed by atoms with Crippen LogP contribution in [0.4, 0.5) is 11.6 Å². The molecule has 0 fully saturated rings. The van der Waals surface area contributed by atoms with Crippen LogP contribution in [0.3, 0.4) is 0 Å². The minimum Gasteiger partial charge on any atom is -0.394 e. The quantitative estimate of drug-likeness (QED) is 0.0632. The summed E-state index contributed by atoms with van der Waals surface area (Å²) in [5.74, 6) is -0.858. The molecule has 2 aromatic carbocycles. The van der Waals surface area contributed by atoms with Gasteiger partial charge in [0.05, 0.1) is 12.7 Å². The first-order chi connectivity index (χ1) is 24.9. The van der Waals surface area contributed by atoms with Gasteiger partial charge in [-0.05, 0) is 61.1 Å². The molecule has 0 bridgehead atoms. The predicted molar refractivity (Wildman–Crippen MR) is 203 cm³/mol. The second-order valence-electron chi connectivity index (χ2n) is 13.1. The van der Waals surface area contributed by atoms with Crippen LogP contribution in [0, 0.1) is 12.8 Å². The van der Waals surface area contributed by atoms with Gasteiger partial charge in [-0.1, -0.05) is 74.2 Å². The van der Waals surface area contributed by atoms with Crippen molar-refractivity contribution in [3.05, 3.63) is 81.6 Å². The van der Waals surface area contributed by atoms with Crippen LogP contribution in [-0.4, -0.2) is 111 Å². The number of carbonyl (C=O) groups is 2. The summed E-state index contributed by atoms with van der Waals surface area (Å²) >= 11 is 5.97. The molecule has 2 amide bonds. The largest absolute Gasteiger partial charge is 0.394 e. The van der Waals surface area contributed by atoms with E-state index in [2.05, 4.69) is 51.9 Å². The van der Waals surface area contributed by atoms with E-state index in [-0.39, 0.29) is 40.9 Å². The van der Waals surface area contributed by atoms with Gasteiger partial charge in [-0.2, -0.15) is 0 Å². The Bertz CT molecular complexity index is 1550. The molecule has 286 valence electrons.